The Morgan fingerprint density at radius 3 is 2.21 bits per heavy atom. The molecule has 2 N–H and O–H groups in total. The first-order chi connectivity index (χ1) is 13.6. The van der Waals surface area contributed by atoms with Crippen molar-refractivity contribution in [2.75, 3.05) is 27.4 Å². The fourth-order valence-corrected chi connectivity index (χ4v) is 2.34. The Bertz CT molecular complexity index is 809. The van der Waals surface area contributed by atoms with Crippen LogP contribution in [0.2, 0.25) is 0 Å². The molecule has 2 aromatic carbocycles. The fraction of sp³-hybridized carbons (Fsp3) is 0.300. The lowest BCUT2D eigenvalue weighted by molar-refractivity contribution is -0.122. The van der Waals surface area contributed by atoms with E-state index in [4.69, 9.17) is 18.9 Å². The third-order valence-corrected chi connectivity index (χ3v) is 3.70. The van der Waals surface area contributed by atoms with Gasteiger partial charge in [0.2, 0.25) is 5.91 Å². The van der Waals surface area contributed by atoms with Crippen LogP contribution in [-0.4, -0.2) is 39.2 Å². The summed E-state index contributed by atoms with van der Waals surface area (Å²) in [6.07, 6.45) is 0.0604. The normalized spacial score (nSPS) is 9.96. The Balaban J connectivity index is 1.81. The number of nitrogens with one attached hydrogen (secondary N) is 2. The smallest absolute Gasteiger partial charge is 0.269 e. The second-order valence-electron chi connectivity index (χ2n) is 5.55. The van der Waals surface area contributed by atoms with E-state index < -0.39 is 5.91 Å². The third kappa shape index (κ3) is 5.80. The van der Waals surface area contributed by atoms with E-state index in [2.05, 4.69) is 10.9 Å². The zero-order valence-electron chi connectivity index (χ0n) is 16.1. The number of hydrogen-bond donors (Lipinski definition) is 2. The quantitative estimate of drug-likeness (QED) is 0.640. The minimum absolute atomic E-state index is 0.0604. The molecule has 0 aliphatic rings. The first kappa shape index (κ1) is 20.9. The van der Waals surface area contributed by atoms with Gasteiger partial charge in [0.05, 0.1) is 33.9 Å². The number of carbonyl (C=O) groups is 2. The van der Waals surface area contributed by atoms with Crippen molar-refractivity contribution in [3.63, 3.8) is 0 Å². The minimum atomic E-state index is -0.472. The van der Waals surface area contributed by atoms with Crippen LogP contribution in [0.15, 0.2) is 42.5 Å². The van der Waals surface area contributed by atoms with Crippen molar-refractivity contribution < 1.29 is 28.5 Å². The van der Waals surface area contributed by atoms with Gasteiger partial charge in [-0.3, -0.25) is 20.4 Å². The average molecular weight is 388 g/mol. The second kappa shape index (κ2) is 10.7. The van der Waals surface area contributed by atoms with Crippen LogP contribution < -0.4 is 29.8 Å². The monoisotopic (exact) mass is 388 g/mol. The number of amides is 2. The van der Waals surface area contributed by atoms with E-state index in [9.17, 15) is 9.59 Å². The van der Waals surface area contributed by atoms with Gasteiger partial charge in [0.25, 0.3) is 5.91 Å². The van der Waals surface area contributed by atoms with Gasteiger partial charge in [-0.1, -0.05) is 12.1 Å². The van der Waals surface area contributed by atoms with Crippen LogP contribution in [0.4, 0.5) is 0 Å². The molecule has 0 radical (unpaired) electrons. The Hall–Kier alpha value is -3.42. The Morgan fingerprint density at radius 2 is 1.54 bits per heavy atom. The Labute approximate surface area is 163 Å². The van der Waals surface area contributed by atoms with Crippen LogP contribution in [0, 0.1) is 0 Å². The molecule has 0 saturated heterocycles. The first-order valence-electron chi connectivity index (χ1n) is 8.74. The first-order valence-corrected chi connectivity index (χ1v) is 8.74. The van der Waals surface area contributed by atoms with Gasteiger partial charge in [0, 0.05) is 5.56 Å². The highest BCUT2D eigenvalue weighted by atomic mass is 16.5. The van der Waals surface area contributed by atoms with Crippen LogP contribution in [0.25, 0.3) is 0 Å². The summed E-state index contributed by atoms with van der Waals surface area (Å²) in [5.41, 5.74) is 5.03. The fourth-order valence-electron chi connectivity index (χ4n) is 2.34. The van der Waals surface area contributed by atoms with Gasteiger partial charge in [-0.05, 0) is 37.3 Å². The molecular weight excluding hydrogens is 364 g/mol. The minimum Gasteiger partial charge on any atom is -0.493 e. The number of methoxy groups -OCH3 is 2. The molecule has 0 aliphatic carbocycles. The molecule has 28 heavy (non-hydrogen) atoms. The molecule has 2 rings (SSSR count). The van der Waals surface area contributed by atoms with Crippen molar-refractivity contribution in [1.29, 1.82) is 0 Å². The van der Waals surface area contributed by atoms with E-state index in [0.29, 0.717) is 35.2 Å². The van der Waals surface area contributed by atoms with Crippen molar-refractivity contribution in [3.8, 4) is 23.0 Å². The molecule has 8 heteroatoms. The largest absolute Gasteiger partial charge is 0.493 e. The van der Waals surface area contributed by atoms with Gasteiger partial charge >= 0.3 is 0 Å². The summed E-state index contributed by atoms with van der Waals surface area (Å²) in [6.45, 7) is 2.47. The maximum atomic E-state index is 12.2. The standard InChI is InChI=1S/C20H24N2O6/c1-4-27-17-10-9-14(13-18(17)26-3)20(24)22-21-19(23)11-12-28-16-8-6-5-7-15(16)25-2/h5-10,13H,4,11-12H2,1-3H3,(H,21,23)(H,22,24). The van der Waals surface area contributed by atoms with E-state index in [1.807, 2.05) is 19.1 Å². The van der Waals surface area contributed by atoms with E-state index in [-0.39, 0.29) is 18.9 Å². The van der Waals surface area contributed by atoms with Crippen molar-refractivity contribution >= 4 is 11.8 Å². The molecule has 0 atom stereocenters. The Morgan fingerprint density at radius 1 is 0.857 bits per heavy atom. The van der Waals surface area contributed by atoms with Gasteiger partial charge in [0.15, 0.2) is 23.0 Å². The van der Waals surface area contributed by atoms with Crippen molar-refractivity contribution in [1.82, 2.24) is 10.9 Å². The molecule has 150 valence electrons. The highest BCUT2D eigenvalue weighted by molar-refractivity contribution is 5.96. The van der Waals surface area contributed by atoms with Crippen LogP contribution in [0.1, 0.15) is 23.7 Å². The Kier molecular flexibility index (Phi) is 7.95. The van der Waals surface area contributed by atoms with Crippen molar-refractivity contribution in [2.45, 2.75) is 13.3 Å². The molecule has 0 fully saturated rings. The third-order valence-electron chi connectivity index (χ3n) is 3.70. The molecule has 0 saturated carbocycles. The zero-order chi connectivity index (χ0) is 20.4. The SMILES string of the molecule is CCOc1ccc(C(=O)NNC(=O)CCOc2ccccc2OC)cc1OC. The summed E-state index contributed by atoms with van der Waals surface area (Å²) >= 11 is 0. The second-order valence-corrected chi connectivity index (χ2v) is 5.55. The number of benzene rings is 2. The van der Waals surface area contributed by atoms with E-state index in [0.717, 1.165) is 0 Å². The predicted molar refractivity (Wildman–Crippen MR) is 103 cm³/mol. The average Bonchev–Trinajstić information content (AvgIpc) is 2.72. The molecule has 0 spiro atoms. The maximum absolute atomic E-state index is 12.2. The summed E-state index contributed by atoms with van der Waals surface area (Å²) in [5.74, 6) is 1.25. The van der Waals surface area contributed by atoms with Crippen LogP contribution in [-0.2, 0) is 4.79 Å². The molecule has 0 bridgehead atoms. The molecule has 0 heterocycles. The maximum Gasteiger partial charge on any atom is 0.269 e. The topological polar surface area (TPSA) is 95.1 Å². The molecular formula is C20H24N2O6. The van der Waals surface area contributed by atoms with Gasteiger partial charge in [0.1, 0.15) is 0 Å². The van der Waals surface area contributed by atoms with E-state index in [1.54, 1.807) is 31.4 Å². The molecule has 2 amide bonds. The highest BCUT2D eigenvalue weighted by Crippen LogP contribution is 2.28. The van der Waals surface area contributed by atoms with Crippen molar-refractivity contribution in [3.05, 3.63) is 48.0 Å². The van der Waals surface area contributed by atoms with Gasteiger partial charge in [-0.15, -0.1) is 0 Å². The lowest BCUT2D eigenvalue weighted by Gasteiger charge is -2.12. The van der Waals surface area contributed by atoms with Crippen LogP contribution in [0.3, 0.4) is 0 Å². The molecule has 2 aromatic rings. The zero-order valence-corrected chi connectivity index (χ0v) is 16.1. The van der Waals surface area contributed by atoms with Gasteiger partial charge in [-0.25, -0.2) is 0 Å². The number of hydrogen-bond acceptors (Lipinski definition) is 6. The highest BCUT2D eigenvalue weighted by Gasteiger charge is 2.12. The molecule has 0 unspecified atom stereocenters. The summed E-state index contributed by atoms with van der Waals surface area (Å²) in [5, 5.41) is 0. The summed E-state index contributed by atoms with van der Waals surface area (Å²) in [4.78, 5) is 24.1. The molecule has 8 nitrogen and oxygen atoms in total. The van der Waals surface area contributed by atoms with E-state index in [1.165, 1.54) is 13.2 Å². The number of carbonyl (C=O) groups excluding carboxylic acids is 2. The van der Waals surface area contributed by atoms with Gasteiger partial charge in [-0.2, -0.15) is 0 Å². The summed E-state index contributed by atoms with van der Waals surface area (Å²) in [7, 11) is 3.03. The number of ether oxygens (including phenoxy) is 4. The lowest BCUT2D eigenvalue weighted by Crippen LogP contribution is -2.42. The number of para-hydroxylation sites is 2. The number of rotatable bonds is 9. The van der Waals surface area contributed by atoms with Crippen LogP contribution in [0.5, 0.6) is 23.0 Å². The summed E-state index contributed by atoms with van der Waals surface area (Å²) in [6, 6.07) is 11.9. The van der Waals surface area contributed by atoms with Gasteiger partial charge < -0.3 is 18.9 Å². The predicted octanol–water partition coefficient (Wildman–Crippen LogP) is 2.33. The molecule has 0 aromatic heterocycles. The van der Waals surface area contributed by atoms with Crippen LogP contribution >= 0.6 is 0 Å². The van der Waals surface area contributed by atoms with Crippen molar-refractivity contribution in [2.24, 2.45) is 0 Å². The molecule has 0 aliphatic heterocycles. The lowest BCUT2D eigenvalue weighted by atomic mass is 10.2. The number of hydrazine groups is 1. The van der Waals surface area contributed by atoms with E-state index >= 15 is 0 Å². The summed E-state index contributed by atoms with van der Waals surface area (Å²) < 4.78 is 21.3.